The lowest BCUT2D eigenvalue weighted by atomic mass is 10.1. The van der Waals surface area contributed by atoms with Gasteiger partial charge in [0.25, 0.3) is 5.56 Å². The molecule has 0 unspecified atom stereocenters. The number of carbonyl (C=O) groups is 2. The minimum Gasteiger partial charge on any atom is -0.497 e. The van der Waals surface area contributed by atoms with E-state index in [2.05, 4.69) is 10.3 Å². The van der Waals surface area contributed by atoms with Crippen molar-refractivity contribution in [1.29, 1.82) is 0 Å². The molecule has 1 aliphatic carbocycles. The first-order chi connectivity index (χ1) is 20.5. The Hall–Kier alpha value is -4.09. The fourth-order valence-corrected chi connectivity index (χ4v) is 7.44. The zero-order valence-corrected chi connectivity index (χ0v) is 25.0. The number of para-hydroxylation sites is 1. The monoisotopic (exact) mass is 602 g/mol. The molecule has 0 saturated heterocycles. The molecule has 42 heavy (non-hydrogen) atoms. The first-order valence-corrected chi connectivity index (χ1v) is 15.7. The predicted molar refractivity (Wildman–Crippen MR) is 167 cm³/mol. The number of anilines is 1. The van der Waals surface area contributed by atoms with Gasteiger partial charge in [-0.3, -0.25) is 14.2 Å². The molecule has 9 nitrogen and oxygen atoms in total. The van der Waals surface area contributed by atoms with Gasteiger partial charge in [0.1, 0.15) is 21.8 Å². The number of aromatic nitrogens is 3. The molecule has 216 valence electrons. The lowest BCUT2D eigenvalue weighted by Gasteiger charge is -2.13. The third kappa shape index (κ3) is 5.30. The van der Waals surface area contributed by atoms with E-state index in [9.17, 15) is 14.4 Å². The van der Waals surface area contributed by atoms with Gasteiger partial charge >= 0.3 is 5.97 Å². The van der Waals surface area contributed by atoms with Gasteiger partial charge in [-0.05, 0) is 68.5 Å². The van der Waals surface area contributed by atoms with Crippen molar-refractivity contribution in [3.63, 3.8) is 0 Å². The quantitative estimate of drug-likeness (QED) is 0.0953. The second-order valence-corrected chi connectivity index (χ2v) is 12.0. The van der Waals surface area contributed by atoms with Crippen LogP contribution in [0.3, 0.4) is 0 Å². The molecule has 3 aromatic heterocycles. The Morgan fingerprint density at radius 2 is 1.88 bits per heavy atom. The smallest absolute Gasteiger partial charge is 0.341 e. The molecule has 3 heterocycles. The molecule has 0 bridgehead atoms. The molecule has 6 rings (SSSR count). The highest BCUT2D eigenvalue weighted by atomic mass is 32.2. The Bertz CT molecular complexity index is 1860. The van der Waals surface area contributed by atoms with Crippen LogP contribution in [0, 0.1) is 0 Å². The topological polar surface area (TPSA) is 115 Å². The number of hydrogen-bond acceptors (Lipinski definition) is 8. The van der Waals surface area contributed by atoms with Gasteiger partial charge < -0.3 is 19.8 Å². The van der Waals surface area contributed by atoms with Crippen molar-refractivity contribution in [2.24, 2.45) is 0 Å². The number of ether oxygens (including phenoxy) is 2. The number of aryl methyl sites for hydroxylation is 1. The fraction of sp³-hybridized carbons (Fsp3) is 0.290. The number of rotatable bonds is 8. The van der Waals surface area contributed by atoms with Crippen LogP contribution >= 0.6 is 23.1 Å². The number of amides is 1. The maximum atomic E-state index is 13.8. The van der Waals surface area contributed by atoms with E-state index in [1.165, 1.54) is 27.7 Å². The van der Waals surface area contributed by atoms with Gasteiger partial charge in [-0.25, -0.2) is 9.78 Å². The molecule has 0 aliphatic heterocycles. The van der Waals surface area contributed by atoms with Crippen LogP contribution in [-0.4, -0.2) is 45.9 Å². The number of thiophene rings is 1. The zero-order valence-electron chi connectivity index (χ0n) is 23.3. The summed E-state index contributed by atoms with van der Waals surface area (Å²) in [6.45, 7) is 2.04. The third-order valence-corrected chi connectivity index (χ3v) is 9.46. The molecule has 1 amide bonds. The van der Waals surface area contributed by atoms with Crippen LogP contribution in [0.2, 0.25) is 0 Å². The van der Waals surface area contributed by atoms with Gasteiger partial charge in [-0.2, -0.15) is 0 Å². The summed E-state index contributed by atoms with van der Waals surface area (Å²) >= 11 is 2.63. The SMILES string of the molecule is CCOC(=O)c1c(NC(=O)CSc2nc3c([nH]c4ccccc43)c(=O)n2-c2ccc(OC)cc2)sc2c1CCCCC2. The van der Waals surface area contributed by atoms with E-state index in [1.807, 2.05) is 24.3 Å². The van der Waals surface area contributed by atoms with E-state index < -0.39 is 5.97 Å². The maximum Gasteiger partial charge on any atom is 0.341 e. The van der Waals surface area contributed by atoms with E-state index >= 15 is 0 Å². The molecule has 2 aromatic carbocycles. The van der Waals surface area contributed by atoms with Gasteiger partial charge in [0.2, 0.25) is 5.91 Å². The molecule has 5 aromatic rings. The summed E-state index contributed by atoms with van der Waals surface area (Å²) in [5, 5.41) is 4.71. The van der Waals surface area contributed by atoms with E-state index in [-0.39, 0.29) is 23.8 Å². The zero-order chi connectivity index (χ0) is 29.2. The summed E-state index contributed by atoms with van der Waals surface area (Å²) in [5.41, 5.74) is 3.56. The number of carbonyl (C=O) groups excluding carboxylic acids is 2. The predicted octanol–water partition coefficient (Wildman–Crippen LogP) is 6.11. The van der Waals surface area contributed by atoms with Crippen LogP contribution in [-0.2, 0) is 22.4 Å². The van der Waals surface area contributed by atoms with Crippen molar-refractivity contribution in [3.8, 4) is 11.4 Å². The number of H-pyrrole nitrogens is 1. The van der Waals surface area contributed by atoms with Crippen LogP contribution in [0.15, 0.2) is 58.5 Å². The summed E-state index contributed by atoms with van der Waals surface area (Å²) in [4.78, 5) is 49.3. The number of aromatic amines is 1. The van der Waals surface area contributed by atoms with Crippen LogP contribution < -0.4 is 15.6 Å². The van der Waals surface area contributed by atoms with Gasteiger partial charge in [0.15, 0.2) is 5.16 Å². The second kappa shape index (κ2) is 12.0. The number of esters is 1. The van der Waals surface area contributed by atoms with E-state index in [4.69, 9.17) is 14.5 Å². The molecule has 1 aliphatic rings. The summed E-state index contributed by atoms with van der Waals surface area (Å²) in [6.07, 6.45) is 4.87. The number of thioether (sulfide) groups is 1. The summed E-state index contributed by atoms with van der Waals surface area (Å²) < 4.78 is 12.2. The number of methoxy groups -OCH3 is 1. The maximum absolute atomic E-state index is 13.8. The molecule has 0 saturated carbocycles. The van der Waals surface area contributed by atoms with E-state index in [0.717, 1.165) is 53.4 Å². The largest absolute Gasteiger partial charge is 0.497 e. The molecule has 0 fully saturated rings. The van der Waals surface area contributed by atoms with E-state index in [1.54, 1.807) is 38.3 Å². The van der Waals surface area contributed by atoms with Crippen molar-refractivity contribution in [1.82, 2.24) is 14.5 Å². The van der Waals surface area contributed by atoms with E-state index in [0.29, 0.717) is 38.2 Å². The Morgan fingerprint density at radius 3 is 2.67 bits per heavy atom. The Morgan fingerprint density at radius 1 is 1.10 bits per heavy atom. The number of benzene rings is 2. The van der Waals surface area contributed by atoms with Crippen molar-refractivity contribution in [3.05, 3.63) is 74.9 Å². The van der Waals surface area contributed by atoms with Crippen LogP contribution in [0.25, 0.3) is 27.6 Å². The highest BCUT2D eigenvalue weighted by molar-refractivity contribution is 7.99. The summed E-state index contributed by atoms with van der Waals surface area (Å²) in [7, 11) is 1.58. The molecular formula is C31H30N4O5S2. The minimum atomic E-state index is -0.403. The Balaban J connectivity index is 1.34. The number of fused-ring (bicyclic) bond motifs is 4. The first kappa shape index (κ1) is 28.0. The van der Waals surface area contributed by atoms with Gasteiger partial charge in [0, 0.05) is 15.8 Å². The molecule has 2 N–H and O–H groups in total. The third-order valence-electron chi connectivity index (χ3n) is 7.31. The highest BCUT2D eigenvalue weighted by Gasteiger charge is 2.27. The van der Waals surface area contributed by atoms with Gasteiger partial charge in [-0.15, -0.1) is 11.3 Å². The molecule has 0 spiro atoms. The summed E-state index contributed by atoms with van der Waals surface area (Å²) in [5.74, 6) is -0.0516. The average Bonchev–Trinajstić information content (AvgIpc) is 3.45. The highest BCUT2D eigenvalue weighted by Crippen LogP contribution is 2.38. The minimum absolute atomic E-state index is 0.0126. The average molecular weight is 603 g/mol. The van der Waals surface area contributed by atoms with Gasteiger partial charge in [0.05, 0.1) is 30.7 Å². The molecule has 0 atom stereocenters. The van der Waals surface area contributed by atoms with Crippen molar-refractivity contribution >= 4 is 61.9 Å². The fourth-order valence-electron chi connectivity index (χ4n) is 5.34. The van der Waals surface area contributed by atoms with Crippen LogP contribution in [0.4, 0.5) is 5.00 Å². The standard InChI is InChI=1S/C31H30N4O5S2/c1-3-40-30(38)25-21-10-5-4-6-12-23(21)42-28(25)33-24(36)17-41-31-34-26-20-9-7-8-11-22(20)32-27(26)29(37)35(31)18-13-15-19(39-2)16-14-18/h7-9,11,13-16,32H,3-6,10,12,17H2,1-2H3,(H,33,36). The molecular weight excluding hydrogens is 572 g/mol. The van der Waals surface area contributed by atoms with Crippen molar-refractivity contribution < 1.29 is 19.1 Å². The Labute approximate surface area is 250 Å². The normalized spacial score (nSPS) is 13.1. The molecule has 0 radical (unpaired) electrons. The number of nitrogens with one attached hydrogen (secondary N) is 2. The number of nitrogens with zero attached hydrogens (tertiary/aromatic N) is 2. The van der Waals surface area contributed by atoms with Crippen molar-refractivity contribution in [2.45, 2.75) is 44.2 Å². The lowest BCUT2D eigenvalue weighted by Crippen LogP contribution is -2.23. The molecule has 11 heteroatoms. The van der Waals surface area contributed by atoms with Crippen LogP contribution in [0.1, 0.15) is 47.0 Å². The summed E-state index contributed by atoms with van der Waals surface area (Å²) in [6, 6.07) is 14.7. The second-order valence-electron chi connectivity index (χ2n) is 9.95. The number of hydrogen-bond donors (Lipinski definition) is 2. The Kier molecular flexibility index (Phi) is 8.03. The van der Waals surface area contributed by atoms with Crippen LogP contribution in [0.5, 0.6) is 5.75 Å². The lowest BCUT2D eigenvalue weighted by molar-refractivity contribution is -0.113. The van der Waals surface area contributed by atoms with Gasteiger partial charge in [-0.1, -0.05) is 36.4 Å². The van der Waals surface area contributed by atoms with Crippen molar-refractivity contribution in [2.75, 3.05) is 24.8 Å². The first-order valence-electron chi connectivity index (χ1n) is 13.9.